The molecule has 6 aromatic heterocycles. The third-order valence-corrected chi connectivity index (χ3v) is 28.9. The predicted octanol–water partition coefficient (Wildman–Crippen LogP) is 33.2. The quantitative estimate of drug-likeness (QED) is 0.107. The summed E-state index contributed by atoms with van der Waals surface area (Å²) in [5.41, 5.74) is 34.3. The molecule has 0 unspecified atom stereocenters. The van der Waals surface area contributed by atoms with Crippen molar-refractivity contribution in [3.63, 3.8) is 0 Å². The Balaban J connectivity index is 0.000000116. The predicted molar refractivity (Wildman–Crippen MR) is 602 cm³/mol. The van der Waals surface area contributed by atoms with Crippen LogP contribution in [-0.2, 0) is 0 Å². The van der Waals surface area contributed by atoms with Gasteiger partial charge in [-0.25, -0.2) is 4.85 Å². The summed E-state index contributed by atoms with van der Waals surface area (Å²) >= 11 is 0. The molecule has 0 aliphatic carbocycles. The van der Waals surface area contributed by atoms with Crippen molar-refractivity contribution < 1.29 is 0 Å². The first-order valence-electron chi connectivity index (χ1n) is 48.8. The summed E-state index contributed by atoms with van der Waals surface area (Å²) in [6, 6.07) is 171. The third kappa shape index (κ3) is 14.9. The Bertz CT molecular complexity index is 10500. The highest BCUT2D eigenvalue weighted by Crippen LogP contribution is 2.50. The molecule has 6 heterocycles. The van der Waals surface area contributed by atoms with E-state index in [0.29, 0.717) is 50.2 Å². The van der Waals surface area contributed by atoms with Crippen LogP contribution in [0, 0.1) is 97.2 Å². The first-order chi connectivity index (χ1) is 74.0. The standard InChI is InChI=1S/3C45H25N5/c1-48-39-13-8-12-33(31-19-21-32(22-20-31)49-40-14-5-4-11-36(40)37-25-29(27-46)17-23-43(37)49)45(39)38-26-30(28-47)18-24-44(38)50-41-15-6-2-9-34(41)35-10-3-7-16-42(35)50;46-26-29-13-20-34(39-24-30(27-47)15-22-45(39)50-42-11-5-1-7-35(42)36-8-2-6-12-43(36)50)38(23-29)32-16-18-33(19-17-32)49-41-10-4-3-9-37(41)40-25-31(28-48)14-21-44(40)49;46-26-29-13-20-34(32-16-18-33(19-17-32)49-41-10-4-3-9-37(41)39-24-30(27-47)14-21-44(39)49)38(23-29)40-25-31(28-48)15-22-45(40)50-42-11-5-1-7-35(42)36-8-2-6-12-43(36)50/h2-26H;2*1-25H. The van der Waals surface area contributed by atoms with Gasteiger partial charge in [0.25, 0.3) is 0 Å². The minimum atomic E-state index is 0.513. The van der Waals surface area contributed by atoms with Crippen LogP contribution in [0.2, 0.25) is 0 Å². The molecule has 0 aliphatic heterocycles. The number of hydrogen-bond acceptors (Lipinski definition) is 8. The number of nitrogens with zero attached hydrogens (tertiary/aromatic N) is 15. The molecule has 0 atom stereocenters. The number of nitriles is 8. The van der Waals surface area contributed by atoms with E-state index in [0.717, 1.165) is 232 Å². The zero-order valence-corrected chi connectivity index (χ0v) is 80.0. The Kier molecular flexibility index (Phi) is 22.0. The second kappa shape index (κ2) is 37.0. The molecule has 15 nitrogen and oxygen atoms in total. The lowest BCUT2D eigenvalue weighted by Gasteiger charge is -2.19. The lowest BCUT2D eigenvalue weighted by molar-refractivity contribution is 1.18. The fourth-order valence-electron chi connectivity index (χ4n) is 22.2. The maximum Gasteiger partial charge on any atom is 0.195 e. The van der Waals surface area contributed by atoms with Gasteiger partial charge in [0.1, 0.15) is 0 Å². The topological polar surface area (TPSA) is 224 Å². The Labute approximate surface area is 860 Å². The van der Waals surface area contributed by atoms with E-state index in [2.05, 4.69) is 317 Å². The van der Waals surface area contributed by atoms with Gasteiger partial charge in [-0.2, -0.15) is 42.1 Å². The van der Waals surface area contributed by atoms with Gasteiger partial charge in [0.15, 0.2) is 5.69 Å². The first kappa shape index (κ1) is 89.2. The number of fused-ring (bicyclic) bond motifs is 18. The summed E-state index contributed by atoms with van der Waals surface area (Å²) < 4.78 is 13.4. The molecule has 27 rings (SSSR count). The van der Waals surface area contributed by atoms with Gasteiger partial charge in [-0.15, -0.1) is 0 Å². The van der Waals surface area contributed by atoms with Gasteiger partial charge in [-0.3, -0.25) is 0 Å². The van der Waals surface area contributed by atoms with Gasteiger partial charge in [-0.1, -0.05) is 231 Å². The molecule has 27 aromatic rings. The van der Waals surface area contributed by atoms with Crippen molar-refractivity contribution in [2.24, 2.45) is 0 Å². The van der Waals surface area contributed by atoms with Gasteiger partial charge < -0.3 is 27.4 Å². The lowest BCUT2D eigenvalue weighted by atomic mass is 9.91. The van der Waals surface area contributed by atoms with E-state index in [9.17, 15) is 42.1 Å². The SMILES string of the molecule is N#Cc1ccc(-c2cc(C#N)ccc2-n2c3ccccc3c3ccccc32)c(-c2ccc(-n3c4ccccc4c4cc(C#N)ccc43)cc2)c1.N#Cc1ccc(-c2ccc(-n3c4ccccc4c4cc(C#N)ccc43)cc2)c(-c2cc(C#N)ccc2-n2c3ccccc3c3ccccc32)c1.[C-]#[N+]c1cccc(-c2ccc(-n3c4ccccc4c4cc(C#N)ccc43)cc2)c1-c1cc(C#N)ccc1-n1c2ccccc2c2ccccc21. The first-order valence-corrected chi connectivity index (χ1v) is 48.8. The molecule has 21 aromatic carbocycles. The van der Waals surface area contributed by atoms with E-state index < -0.39 is 0 Å². The summed E-state index contributed by atoms with van der Waals surface area (Å²) in [7, 11) is 0. The zero-order valence-electron chi connectivity index (χ0n) is 80.0. The Morgan fingerprint density at radius 3 is 0.700 bits per heavy atom. The van der Waals surface area contributed by atoms with Crippen molar-refractivity contribution in [3.8, 4) is 149 Å². The molecule has 0 aliphatic rings. The van der Waals surface area contributed by atoms with E-state index in [1.165, 1.54) is 0 Å². The van der Waals surface area contributed by atoms with Crippen molar-refractivity contribution in [2.75, 3.05) is 0 Å². The molecule has 0 radical (unpaired) electrons. The fourth-order valence-corrected chi connectivity index (χ4v) is 22.2. The number of hydrogen-bond donors (Lipinski definition) is 0. The van der Waals surface area contributed by atoms with E-state index in [1.54, 1.807) is 0 Å². The highest BCUT2D eigenvalue weighted by molar-refractivity contribution is 6.16. The van der Waals surface area contributed by atoms with E-state index in [1.807, 2.05) is 218 Å². The molecule has 0 amide bonds. The molecule has 0 saturated carbocycles. The van der Waals surface area contributed by atoms with Crippen molar-refractivity contribution in [3.05, 3.63) is 511 Å². The van der Waals surface area contributed by atoms with Crippen LogP contribution in [0.15, 0.2) is 455 Å². The largest absolute Gasteiger partial charge is 0.309 e. The smallest absolute Gasteiger partial charge is 0.195 e. The van der Waals surface area contributed by atoms with Crippen LogP contribution in [0.5, 0.6) is 0 Å². The van der Waals surface area contributed by atoms with Crippen LogP contribution in [0.4, 0.5) is 5.69 Å². The monoisotopic (exact) mass is 1910 g/mol. The maximum atomic E-state index is 10.1. The number of para-hydroxylation sites is 9. The molecule has 0 N–H and O–H groups in total. The Morgan fingerprint density at radius 1 is 0.160 bits per heavy atom. The summed E-state index contributed by atoms with van der Waals surface area (Å²) in [4.78, 5) is 4.01. The molecular weight excluding hydrogens is 1830 g/mol. The Hall–Kier alpha value is -22.2. The number of benzene rings is 21. The van der Waals surface area contributed by atoms with Crippen LogP contribution in [0.25, 0.3) is 237 Å². The Morgan fingerprint density at radius 2 is 0.387 bits per heavy atom. The van der Waals surface area contributed by atoms with Crippen molar-refractivity contribution >= 4 is 137 Å². The van der Waals surface area contributed by atoms with Gasteiger partial charge >= 0.3 is 0 Å². The molecule has 15 heteroatoms. The number of aromatic nitrogens is 6. The maximum absolute atomic E-state index is 10.1. The molecule has 0 fully saturated rings. The van der Waals surface area contributed by atoms with E-state index in [4.69, 9.17) is 6.57 Å². The van der Waals surface area contributed by atoms with Gasteiger partial charge in [0, 0.05) is 92.8 Å². The molecule has 0 bridgehead atoms. The molecule has 150 heavy (non-hydrogen) atoms. The van der Waals surface area contributed by atoms with E-state index >= 15 is 0 Å². The average molecular weight is 1910 g/mol. The van der Waals surface area contributed by atoms with Crippen molar-refractivity contribution in [2.45, 2.75) is 0 Å². The van der Waals surface area contributed by atoms with Crippen LogP contribution < -0.4 is 0 Å². The van der Waals surface area contributed by atoms with E-state index in [-0.39, 0.29) is 0 Å². The molecule has 690 valence electrons. The highest BCUT2D eigenvalue weighted by Gasteiger charge is 2.27. The minimum Gasteiger partial charge on any atom is -0.309 e. The van der Waals surface area contributed by atoms with Crippen LogP contribution in [0.3, 0.4) is 0 Å². The van der Waals surface area contributed by atoms with Crippen LogP contribution >= 0.6 is 0 Å². The van der Waals surface area contributed by atoms with Gasteiger partial charge in [-0.05, 0) is 280 Å². The number of rotatable bonds is 12. The summed E-state index contributed by atoms with van der Waals surface area (Å²) in [6.07, 6.45) is 0. The van der Waals surface area contributed by atoms with Crippen molar-refractivity contribution in [1.82, 2.24) is 27.4 Å². The fraction of sp³-hybridized carbons (Fsp3) is 0. The molecular formula is C135H75N15. The van der Waals surface area contributed by atoms with Gasteiger partial charge in [0.2, 0.25) is 0 Å². The summed E-state index contributed by atoms with van der Waals surface area (Å²) in [5.74, 6) is 0. The highest BCUT2D eigenvalue weighted by atomic mass is 15.0. The molecule has 0 spiro atoms. The van der Waals surface area contributed by atoms with Gasteiger partial charge in [0.05, 0.1) is 183 Å². The van der Waals surface area contributed by atoms with Crippen LogP contribution in [0.1, 0.15) is 44.5 Å². The third-order valence-electron chi connectivity index (χ3n) is 28.9. The zero-order chi connectivity index (χ0) is 101. The normalized spacial score (nSPS) is 11.1. The van der Waals surface area contributed by atoms with Crippen molar-refractivity contribution in [1.29, 1.82) is 42.1 Å². The summed E-state index contributed by atoms with van der Waals surface area (Å²) in [5, 5.41) is 92.1. The minimum absolute atomic E-state index is 0.513. The molecule has 0 saturated heterocycles. The van der Waals surface area contributed by atoms with Crippen LogP contribution in [-0.4, -0.2) is 27.4 Å². The lowest BCUT2D eigenvalue weighted by Crippen LogP contribution is -1.99. The second-order valence-electron chi connectivity index (χ2n) is 36.9. The average Bonchev–Trinajstić information content (AvgIpc) is 1.57. The summed E-state index contributed by atoms with van der Waals surface area (Å²) in [6.45, 7) is 8.24. The second-order valence-corrected chi connectivity index (χ2v) is 36.9.